The van der Waals surface area contributed by atoms with Crippen LogP contribution in [0.4, 0.5) is 0 Å². The minimum absolute atomic E-state index is 0.419. The zero-order valence-electron chi connectivity index (χ0n) is 10.9. The van der Waals surface area contributed by atoms with E-state index in [0.29, 0.717) is 10.00 Å². The highest BCUT2D eigenvalue weighted by atomic mass is 79.9. The van der Waals surface area contributed by atoms with E-state index in [1.807, 2.05) is 0 Å². The topological polar surface area (TPSA) is 0 Å². The Morgan fingerprint density at radius 2 is 1.83 bits per heavy atom. The third-order valence-electron chi connectivity index (χ3n) is 3.34. The van der Waals surface area contributed by atoms with Crippen molar-refractivity contribution >= 4 is 51.1 Å². The summed E-state index contributed by atoms with van der Waals surface area (Å²) in [4.78, 5) is 0. The number of rotatable bonds is 1. The molecular formula is C14H18BrClS2. The molecule has 1 aliphatic rings. The maximum absolute atomic E-state index is 6.17. The molecule has 1 aromatic rings. The molecular weight excluding hydrogens is 348 g/mol. The van der Waals surface area contributed by atoms with Gasteiger partial charge in [0, 0.05) is 4.47 Å². The van der Waals surface area contributed by atoms with E-state index in [1.54, 1.807) is 0 Å². The Morgan fingerprint density at radius 3 is 2.33 bits per heavy atom. The molecule has 18 heavy (non-hydrogen) atoms. The molecule has 0 amide bonds. The Balaban J connectivity index is 2.03. The van der Waals surface area contributed by atoms with Gasteiger partial charge in [0.05, 0.1) is 9.60 Å². The maximum atomic E-state index is 6.17. The first-order chi connectivity index (χ1) is 8.38. The van der Waals surface area contributed by atoms with E-state index < -0.39 is 0 Å². The summed E-state index contributed by atoms with van der Waals surface area (Å²) in [5.41, 5.74) is 1.76. The van der Waals surface area contributed by atoms with Crippen molar-refractivity contribution in [3.05, 3.63) is 33.3 Å². The molecule has 2 rings (SSSR count). The number of hydrogen-bond donors (Lipinski definition) is 0. The van der Waals surface area contributed by atoms with Crippen molar-refractivity contribution in [2.45, 2.75) is 25.4 Å². The van der Waals surface area contributed by atoms with Gasteiger partial charge in [0.1, 0.15) is 0 Å². The fraction of sp³-hybridized carbons (Fsp3) is 0.571. The van der Waals surface area contributed by atoms with Crippen molar-refractivity contribution in [3.63, 3.8) is 0 Å². The van der Waals surface area contributed by atoms with Crippen LogP contribution in [0.3, 0.4) is 0 Å². The SMILES string of the molecule is CC(C)(C)C1CSC(c2ccc(Br)c(Cl)c2)SC1. The second kappa shape index (κ2) is 5.99. The van der Waals surface area contributed by atoms with Crippen molar-refractivity contribution in [3.8, 4) is 0 Å². The van der Waals surface area contributed by atoms with Crippen molar-refractivity contribution in [1.29, 1.82) is 0 Å². The van der Waals surface area contributed by atoms with Crippen LogP contribution in [0.2, 0.25) is 5.02 Å². The molecule has 1 heterocycles. The summed E-state index contributed by atoms with van der Waals surface area (Å²) in [5, 5.41) is 0.812. The van der Waals surface area contributed by atoms with E-state index in [9.17, 15) is 0 Å². The largest absolute Gasteiger partial charge is 0.142 e. The number of thioether (sulfide) groups is 2. The molecule has 0 spiro atoms. The summed E-state index contributed by atoms with van der Waals surface area (Å²) in [6, 6.07) is 6.32. The Bertz CT molecular complexity index is 420. The lowest BCUT2D eigenvalue weighted by Crippen LogP contribution is -2.27. The van der Waals surface area contributed by atoms with Gasteiger partial charge in [-0.25, -0.2) is 0 Å². The van der Waals surface area contributed by atoms with Crippen molar-refractivity contribution in [1.82, 2.24) is 0 Å². The third-order valence-corrected chi connectivity index (χ3v) is 7.73. The fourth-order valence-electron chi connectivity index (χ4n) is 1.85. The van der Waals surface area contributed by atoms with Gasteiger partial charge in [-0.05, 0) is 56.5 Å². The van der Waals surface area contributed by atoms with Crippen LogP contribution in [0.15, 0.2) is 22.7 Å². The van der Waals surface area contributed by atoms with Gasteiger partial charge in [-0.2, -0.15) is 0 Å². The second-order valence-corrected chi connectivity index (χ2v) is 9.57. The van der Waals surface area contributed by atoms with Gasteiger partial charge in [-0.1, -0.05) is 38.4 Å². The summed E-state index contributed by atoms with van der Waals surface area (Å²) in [6.07, 6.45) is 0. The lowest BCUT2D eigenvalue weighted by molar-refractivity contribution is 0.292. The van der Waals surface area contributed by atoms with Crippen LogP contribution in [-0.4, -0.2) is 11.5 Å². The van der Waals surface area contributed by atoms with Crippen LogP contribution < -0.4 is 0 Å². The summed E-state index contributed by atoms with van der Waals surface area (Å²) >= 11 is 13.7. The summed E-state index contributed by atoms with van der Waals surface area (Å²) in [6.45, 7) is 7.03. The van der Waals surface area contributed by atoms with Crippen LogP contribution >= 0.6 is 51.1 Å². The fourth-order valence-corrected chi connectivity index (χ4v) is 6.02. The number of benzene rings is 1. The summed E-state index contributed by atoms with van der Waals surface area (Å²) < 4.78 is 1.51. The Hall–Kier alpha value is 0.690. The van der Waals surface area contributed by atoms with Crippen LogP contribution in [0.5, 0.6) is 0 Å². The van der Waals surface area contributed by atoms with Gasteiger partial charge in [0.15, 0.2) is 0 Å². The number of hydrogen-bond acceptors (Lipinski definition) is 2. The van der Waals surface area contributed by atoms with E-state index in [0.717, 1.165) is 15.4 Å². The maximum Gasteiger partial charge on any atom is 0.0752 e. The first kappa shape index (κ1) is 15.1. The predicted molar refractivity (Wildman–Crippen MR) is 89.8 cm³/mol. The van der Waals surface area contributed by atoms with Crippen molar-refractivity contribution < 1.29 is 0 Å². The average Bonchev–Trinajstić information content (AvgIpc) is 2.32. The Kier molecular flexibility index (Phi) is 5.02. The smallest absolute Gasteiger partial charge is 0.0752 e. The zero-order valence-corrected chi connectivity index (χ0v) is 14.8. The lowest BCUT2D eigenvalue weighted by Gasteiger charge is -2.36. The van der Waals surface area contributed by atoms with Crippen molar-refractivity contribution in [2.24, 2.45) is 11.3 Å². The Morgan fingerprint density at radius 1 is 1.22 bits per heavy atom. The molecule has 0 aliphatic carbocycles. The molecule has 100 valence electrons. The quantitative estimate of drug-likeness (QED) is 0.577. The summed E-state index contributed by atoms with van der Waals surface area (Å²) in [5.74, 6) is 3.29. The predicted octanol–water partition coefficient (Wildman–Crippen LogP) is 6.24. The van der Waals surface area contributed by atoms with E-state index in [2.05, 4.69) is 78.4 Å². The van der Waals surface area contributed by atoms with Gasteiger partial charge >= 0.3 is 0 Å². The second-order valence-electron chi connectivity index (χ2n) is 5.74. The van der Waals surface area contributed by atoms with Crippen LogP contribution in [0, 0.1) is 11.3 Å². The van der Waals surface area contributed by atoms with Crippen LogP contribution in [-0.2, 0) is 0 Å². The Labute approximate surface area is 132 Å². The first-order valence-corrected chi connectivity index (χ1v) is 9.33. The molecule has 4 heteroatoms. The van der Waals surface area contributed by atoms with Gasteiger partial charge in [0.2, 0.25) is 0 Å². The number of halogens is 2. The van der Waals surface area contributed by atoms with E-state index in [1.165, 1.54) is 17.1 Å². The average molecular weight is 366 g/mol. The van der Waals surface area contributed by atoms with Crippen LogP contribution in [0.25, 0.3) is 0 Å². The molecule has 0 unspecified atom stereocenters. The molecule has 0 aromatic heterocycles. The lowest BCUT2D eigenvalue weighted by atomic mass is 9.83. The molecule has 1 aromatic carbocycles. The molecule has 1 saturated heterocycles. The van der Waals surface area contributed by atoms with Gasteiger partial charge in [-0.15, -0.1) is 23.5 Å². The highest BCUT2D eigenvalue weighted by molar-refractivity contribution is 9.10. The van der Waals surface area contributed by atoms with Gasteiger partial charge < -0.3 is 0 Å². The van der Waals surface area contributed by atoms with Gasteiger partial charge in [-0.3, -0.25) is 0 Å². The minimum Gasteiger partial charge on any atom is -0.142 e. The first-order valence-electron chi connectivity index (χ1n) is 6.06. The van der Waals surface area contributed by atoms with E-state index >= 15 is 0 Å². The third kappa shape index (κ3) is 3.62. The monoisotopic (exact) mass is 364 g/mol. The highest BCUT2D eigenvalue weighted by Crippen LogP contribution is 2.49. The molecule has 1 aliphatic heterocycles. The normalized spacial score (nSPS) is 25.2. The van der Waals surface area contributed by atoms with E-state index in [4.69, 9.17) is 11.6 Å². The van der Waals surface area contributed by atoms with Crippen molar-refractivity contribution in [2.75, 3.05) is 11.5 Å². The van der Waals surface area contributed by atoms with E-state index in [-0.39, 0.29) is 0 Å². The molecule has 0 saturated carbocycles. The van der Waals surface area contributed by atoms with Gasteiger partial charge in [0.25, 0.3) is 0 Å². The molecule has 0 bridgehead atoms. The summed E-state index contributed by atoms with van der Waals surface area (Å²) in [7, 11) is 0. The van der Waals surface area contributed by atoms with Crippen LogP contribution in [0.1, 0.15) is 30.9 Å². The molecule has 0 nitrogen and oxygen atoms in total. The molecule has 1 fully saturated rings. The highest BCUT2D eigenvalue weighted by Gasteiger charge is 2.31. The minimum atomic E-state index is 0.419. The molecule has 0 N–H and O–H groups in total. The standard InChI is InChI=1S/C14H18BrClS2/c1-14(2,3)10-7-17-13(18-8-10)9-4-5-11(15)12(16)6-9/h4-6,10,13H,7-8H2,1-3H3. The zero-order chi connectivity index (χ0) is 13.3. The molecule has 0 radical (unpaired) electrons. The molecule has 0 atom stereocenters.